The molecule has 0 amide bonds. The van der Waals surface area contributed by atoms with Gasteiger partial charge in [-0.25, -0.2) is 9.34 Å². The van der Waals surface area contributed by atoms with Crippen molar-refractivity contribution in [1.82, 2.24) is 9.34 Å². The van der Waals surface area contributed by atoms with Gasteiger partial charge in [-0.2, -0.15) is 0 Å². The number of hydrogen-bond acceptors (Lipinski definition) is 4. The van der Waals surface area contributed by atoms with E-state index in [2.05, 4.69) is 50.9 Å². The third kappa shape index (κ3) is 3.64. The summed E-state index contributed by atoms with van der Waals surface area (Å²) >= 11 is 0. The van der Waals surface area contributed by atoms with Gasteiger partial charge in [-0.05, 0) is 48.0 Å². The van der Waals surface area contributed by atoms with Crippen molar-refractivity contribution >= 4 is 8.45 Å². The van der Waals surface area contributed by atoms with Gasteiger partial charge < -0.3 is 10.3 Å². The zero-order valence-electron chi connectivity index (χ0n) is 12.8. The maximum atomic E-state index is 6.11. The lowest BCUT2D eigenvalue weighted by molar-refractivity contribution is 0.122. The molecule has 0 aromatic heterocycles. The quantitative estimate of drug-likeness (QED) is 0.783. The molecule has 1 fully saturated rings. The molecular weight excluding hydrogens is 245 g/mol. The Hall–Kier alpha value is 0.270. The second-order valence-electron chi connectivity index (χ2n) is 5.76. The highest BCUT2D eigenvalue weighted by Crippen LogP contribution is 2.54. The molecule has 4 nitrogen and oxygen atoms in total. The predicted molar refractivity (Wildman–Crippen MR) is 79.4 cm³/mol. The fraction of sp³-hybridized carbons (Fsp3) is 1.00. The van der Waals surface area contributed by atoms with E-state index in [0.29, 0.717) is 37.3 Å². The number of nitrogens with zero attached hydrogens (tertiary/aromatic N) is 2. The molecule has 0 aliphatic carbocycles. The third-order valence-electron chi connectivity index (χ3n) is 3.36. The molecular formula is C13H30N3OP. The summed E-state index contributed by atoms with van der Waals surface area (Å²) < 4.78 is 11.2. The molecule has 1 saturated heterocycles. The van der Waals surface area contributed by atoms with Crippen LogP contribution in [0.3, 0.4) is 0 Å². The monoisotopic (exact) mass is 275 g/mol. The first-order valence-electron chi connectivity index (χ1n) is 7.09. The molecule has 1 aliphatic heterocycles. The van der Waals surface area contributed by atoms with Crippen molar-refractivity contribution < 1.29 is 4.52 Å². The topological polar surface area (TPSA) is 41.7 Å². The van der Waals surface area contributed by atoms with E-state index in [4.69, 9.17) is 10.3 Å². The van der Waals surface area contributed by atoms with Crippen molar-refractivity contribution in [3.63, 3.8) is 0 Å². The van der Waals surface area contributed by atoms with Crippen LogP contribution in [-0.2, 0) is 4.52 Å². The number of nitrogens with two attached hydrogens (primary N) is 1. The third-order valence-corrected chi connectivity index (χ3v) is 6.28. The minimum absolute atomic E-state index is 0.512. The summed E-state index contributed by atoms with van der Waals surface area (Å²) in [5.41, 5.74) is 5.61. The van der Waals surface area contributed by atoms with Crippen LogP contribution in [0.15, 0.2) is 0 Å². The van der Waals surface area contributed by atoms with Crippen molar-refractivity contribution in [3.05, 3.63) is 0 Å². The Kier molecular flexibility index (Phi) is 6.49. The van der Waals surface area contributed by atoms with Crippen molar-refractivity contribution in [3.8, 4) is 0 Å². The van der Waals surface area contributed by atoms with Crippen LogP contribution in [0.4, 0.5) is 0 Å². The van der Waals surface area contributed by atoms with Gasteiger partial charge in [0, 0.05) is 30.7 Å². The van der Waals surface area contributed by atoms with Gasteiger partial charge >= 0.3 is 0 Å². The SMILES string of the molecule is CC(C)N1C(C)CC(C)N(C(C)C)P1OCCN. The zero-order chi connectivity index (χ0) is 13.9. The summed E-state index contributed by atoms with van der Waals surface area (Å²) in [5, 5.41) is 0. The minimum atomic E-state index is -0.675. The fourth-order valence-electron chi connectivity index (χ4n) is 2.85. The van der Waals surface area contributed by atoms with Crippen molar-refractivity contribution in [2.75, 3.05) is 13.2 Å². The second kappa shape index (κ2) is 7.16. The molecule has 1 heterocycles. The standard InChI is InChI=1S/C13H30N3OP/c1-10(2)15-12(5)9-13(6)16(11(3)4)18(15)17-8-7-14/h10-13H,7-9,14H2,1-6H3. The summed E-state index contributed by atoms with van der Waals surface area (Å²) in [6, 6.07) is 2.19. The van der Waals surface area contributed by atoms with Crippen LogP contribution in [0.5, 0.6) is 0 Å². The fourth-order valence-corrected chi connectivity index (χ4v) is 5.27. The lowest BCUT2D eigenvalue weighted by Gasteiger charge is -2.52. The molecule has 0 bridgehead atoms. The van der Waals surface area contributed by atoms with Crippen LogP contribution in [0.25, 0.3) is 0 Å². The van der Waals surface area contributed by atoms with Crippen LogP contribution < -0.4 is 5.73 Å². The van der Waals surface area contributed by atoms with Gasteiger partial charge in [0.25, 0.3) is 0 Å². The van der Waals surface area contributed by atoms with E-state index in [9.17, 15) is 0 Å². The maximum Gasteiger partial charge on any atom is 0.189 e. The van der Waals surface area contributed by atoms with Crippen LogP contribution in [0, 0.1) is 0 Å². The summed E-state index contributed by atoms with van der Waals surface area (Å²) in [7, 11) is -0.675. The van der Waals surface area contributed by atoms with Gasteiger partial charge in [0.1, 0.15) is 0 Å². The van der Waals surface area contributed by atoms with Crippen LogP contribution in [-0.4, -0.2) is 46.7 Å². The molecule has 0 radical (unpaired) electrons. The van der Waals surface area contributed by atoms with Gasteiger partial charge in [0.05, 0.1) is 6.61 Å². The van der Waals surface area contributed by atoms with E-state index in [1.165, 1.54) is 6.42 Å². The normalized spacial score (nSPS) is 31.5. The molecule has 1 aliphatic rings. The molecule has 0 aromatic rings. The summed E-state index contributed by atoms with van der Waals surface area (Å²) in [5.74, 6) is 0. The first kappa shape index (κ1) is 16.3. The Morgan fingerprint density at radius 1 is 1.11 bits per heavy atom. The first-order chi connectivity index (χ1) is 8.40. The second-order valence-corrected chi connectivity index (χ2v) is 7.44. The maximum absolute atomic E-state index is 6.11. The Labute approximate surface area is 114 Å². The van der Waals surface area contributed by atoms with Gasteiger partial charge in [-0.15, -0.1) is 0 Å². The van der Waals surface area contributed by atoms with E-state index in [1.807, 2.05) is 0 Å². The highest BCUT2D eigenvalue weighted by molar-refractivity contribution is 7.47. The van der Waals surface area contributed by atoms with E-state index < -0.39 is 8.45 Å². The van der Waals surface area contributed by atoms with E-state index in [1.54, 1.807) is 0 Å². The van der Waals surface area contributed by atoms with Crippen LogP contribution in [0.2, 0.25) is 0 Å². The minimum Gasteiger partial charge on any atom is -0.330 e. The first-order valence-corrected chi connectivity index (χ1v) is 8.26. The van der Waals surface area contributed by atoms with E-state index >= 15 is 0 Å². The van der Waals surface area contributed by atoms with Crippen molar-refractivity contribution in [2.24, 2.45) is 5.73 Å². The zero-order valence-corrected chi connectivity index (χ0v) is 13.7. The summed E-state index contributed by atoms with van der Waals surface area (Å²) in [6.45, 7) is 14.9. The molecule has 5 heteroatoms. The average Bonchev–Trinajstić information content (AvgIpc) is 2.23. The molecule has 0 aromatic carbocycles. The Bertz CT molecular complexity index is 230. The number of hydrogen-bond donors (Lipinski definition) is 1. The lowest BCUT2D eigenvalue weighted by atomic mass is 10.1. The van der Waals surface area contributed by atoms with Gasteiger partial charge in [0.15, 0.2) is 8.45 Å². The summed E-state index contributed by atoms with van der Waals surface area (Å²) in [4.78, 5) is 0. The van der Waals surface area contributed by atoms with Gasteiger partial charge in [-0.3, -0.25) is 0 Å². The van der Waals surface area contributed by atoms with Crippen molar-refractivity contribution in [1.29, 1.82) is 0 Å². The van der Waals surface area contributed by atoms with E-state index in [0.717, 1.165) is 0 Å². The number of rotatable bonds is 5. The molecule has 108 valence electrons. The smallest absolute Gasteiger partial charge is 0.189 e. The highest BCUT2D eigenvalue weighted by atomic mass is 31.2. The van der Waals surface area contributed by atoms with Crippen molar-refractivity contribution in [2.45, 2.75) is 72.1 Å². The Morgan fingerprint density at radius 3 is 1.89 bits per heavy atom. The molecule has 0 spiro atoms. The van der Waals surface area contributed by atoms with Crippen LogP contribution in [0.1, 0.15) is 48.0 Å². The lowest BCUT2D eigenvalue weighted by Crippen LogP contribution is -2.51. The van der Waals surface area contributed by atoms with Gasteiger partial charge in [0.2, 0.25) is 0 Å². The average molecular weight is 275 g/mol. The molecule has 18 heavy (non-hydrogen) atoms. The molecule has 0 saturated carbocycles. The molecule has 2 N–H and O–H groups in total. The predicted octanol–water partition coefficient (Wildman–Crippen LogP) is 2.79. The molecule has 2 atom stereocenters. The summed E-state index contributed by atoms with van der Waals surface area (Å²) in [6.07, 6.45) is 1.21. The molecule has 1 rings (SSSR count). The Balaban J connectivity index is 2.92. The molecule has 2 unspecified atom stereocenters. The Morgan fingerprint density at radius 2 is 1.56 bits per heavy atom. The highest BCUT2D eigenvalue weighted by Gasteiger charge is 2.41. The van der Waals surface area contributed by atoms with Gasteiger partial charge in [-0.1, -0.05) is 0 Å². The van der Waals surface area contributed by atoms with Crippen LogP contribution >= 0.6 is 8.45 Å². The van der Waals surface area contributed by atoms with E-state index in [-0.39, 0.29) is 0 Å². The largest absolute Gasteiger partial charge is 0.330 e.